The summed E-state index contributed by atoms with van der Waals surface area (Å²) in [6, 6.07) is 15.7. The van der Waals surface area contributed by atoms with Gasteiger partial charge in [0.05, 0.1) is 0 Å². The maximum atomic E-state index is 5.94. The lowest BCUT2D eigenvalue weighted by molar-refractivity contribution is -0.0786. The van der Waals surface area contributed by atoms with E-state index in [1.807, 2.05) is 55.5 Å². The summed E-state index contributed by atoms with van der Waals surface area (Å²) in [5.74, 6) is 0.767. The van der Waals surface area contributed by atoms with Crippen LogP contribution < -0.4 is 4.74 Å². The standard InChI is InChI=1S/C17H17BrO2/c1-3-13-6-5-7-16(12-13)20-17(19-4-2)14-8-10-15(18)11-9-14/h3,5-12,17H,1,4H2,2H3. The molecule has 0 N–H and O–H groups in total. The fraction of sp³-hybridized carbons (Fsp3) is 0.176. The molecule has 2 aromatic carbocycles. The Morgan fingerprint density at radius 2 is 1.95 bits per heavy atom. The van der Waals surface area contributed by atoms with Gasteiger partial charge in [-0.25, -0.2) is 0 Å². The van der Waals surface area contributed by atoms with Crippen LogP contribution >= 0.6 is 15.9 Å². The highest BCUT2D eigenvalue weighted by Crippen LogP contribution is 2.25. The van der Waals surface area contributed by atoms with Crippen molar-refractivity contribution in [3.63, 3.8) is 0 Å². The highest BCUT2D eigenvalue weighted by atomic mass is 79.9. The van der Waals surface area contributed by atoms with E-state index in [1.165, 1.54) is 0 Å². The predicted octanol–water partition coefficient (Wildman–Crippen LogP) is 5.21. The Morgan fingerprint density at radius 3 is 2.60 bits per heavy atom. The van der Waals surface area contributed by atoms with E-state index >= 15 is 0 Å². The highest BCUT2D eigenvalue weighted by molar-refractivity contribution is 9.10. The molecule has 0 fully saturated rings. The van der Waals surface area contributed by atoms with Crippen LogP contribution in [0.5, 0.6) is 5.75 Å². The third kappa shape index (κ3) is 3.95. The Labute approximate surface area is 128 Å². The zero-order valence-corrected chi connectivity index (χ0v) is 13.0. The van der Waals surface area contributed by atoms with Crippen LogP contribution in [0.3, 0.4) is 0 Å². The molecule has 0 aliphatic heterocycles. The minimum atomic E-state index is -0.409. The maximum Gasteiger partial charge on any atom is 0.226 e. The monoisotopic (exact) mass is 332 g/mol. The first-order valence-electron chi connectivity index (χ1n) is 6.49. The van der Waals surface area contributed by atoms with Crippen molar-refractivity contribution < 1.29 is 9.47 Å². The summed E-state index contributed by atoms with van der Waals surface area (Å²) in [4.78, 5) is 0. The van der Waals surface area contributed by atoms with Gasteiger partial charge in [-0.2, -0.15) is 0 Å². The van der Waals surface area contributed by atoms with Gasteiger partial charge in [-0.05, 0) is 36.8 Å². The van der Waals surface area contributed by atoms with E-state index in [4.69, 9.17) is 9.47 Å². The molecule has 0 aliphatic carbocycles. The summed E-state index contributed by atoms with van der Waals surface area (Å²) in [7, 11) is 0. The summed E-state index contributed by atoms with van der Waals surface area (Å²) in [5.41, 5.74) is 2.01. The second-order valence-electron chi connectivity index (χ2n) is 4.23. The number of halogens is 1. The van der Waals surface area contributed by atoms with Crippen molar-refractivity contribution in [3.8, 4) is 5.75 Å². The van der Waals surface area contributed by atoms with Gasteiger partial charge in [0.15, 0.2) is 0 Å². The molecule has 1 atom stereocenters. The molecule has 0 aromatic heterocycles. The van der Waals surface area contributed by atoms with Crippen molar-refractivity contribution >= 4 is 22.0 Å². The fourth-order valence-corrected chi connectivity index (χ4v) is 2.07. The molecule has 0 saturated heterocycles. The Balaban J connectivity index is 2.20. The van der Waals surface area contributed by atoms with Crippen LogP contribution in [0, 0.1) is 0 Å². The van der Waals surface area contributed by atoms with Gasteiger partial charge in [0.25, 0.3) is 0 Å². The molecule has 2 aromatic rings. The zero-order valence-electron chi connectivity index (χ0n) is 11.4. The molecule has 0 saturated carbocycles. The average Bonchev–Trinajstić information content (AvgIpc) is 2.48. The molecule has 104 valence electrons. The second-order valence-corrected chi connectivity index (χ2v) is 5.15. The summed E-state index contributed by atoms with van der Waals surface area (Å²) >= 11 is 3.43. The molecular weight excluding hydrogens is 316 g/mol. The number of benzene rings is 2. The number of hydrogen-bond acceptors (Lipinski definition) is 2. The topological polar surface area (TPSA) is 18.5 Å². The molecular formula is C17H17BrO2. The number of rotatable bonds is 6. The van der Waals surface area contributed by atoms with Gasteiger partial charge in [0, 0.05) is 16.6 Å². The normalized spacial score (nSPS) is 11.9. The van der Waals surface area contributed by atoms with E-state index in [0.29, 0.717) is 6.61 Å². The Morgan fingerprint density at radius 1 is 1.20 bits per heavy atom. The Hall–Kier alpha value is -1.58. The molecule has 0 radical (unpaired) electrons. The molecule has 0 bridgehead atoms. The lowest BCUT2D eigenvalue weighted by atomic mass is 10.2. The number of ether oxygens (including phenoxy) is 2. The van der Waals surface area contributed by atoms with Crippen LogP contribution in [0.2, 0.25) is 0 Å². The number of hydrogen-bond donors (Lipinski definition) is 0. The molecule has 2 rings (SSSR count). The molecule has 1 unspecified atom stereocenters. The van der Waals surface area contributed by atoms with E-state index in [-0.39, 0.29) is 0 Å². The van der Waals surface area contributed by atoms with Crippen LogP contribution in [0.1, 0.15) is 24.3 Å². The predicted molar refractivity (Wildman–Crippen MR) is 85.7 cm³/mol. The largest absolute Gasteiger partial charge is 0.461 e. The quantitative estimate of drug-likeness (QED) is 0.676. The van der Waals surface area contributed by atoms with Gasteiger partial charge >= 0.3 is 0 Å². The summed E-state index contributed by atoms with van der Waals surface area (Å²) in [5, 5.41) is 0. The van der Waals surface area contributed by atoms with Crippen molar-refractivity contribution in [2.45, 2.75) is 13.2 Å². The fourth-order valence-electron chi connectivity index (χ4n) is 1.81. The molecule has 0 amide bonds. The summed E-state index contributed by atoms with van der Waals surface area (Å²) in [6.45, 7) is 6.30. The first-order chi connectivity index (χ1) is 9.72. The van der Waals surface area contributed by atoms with Crippen LogP contribution in [0.25, 0.3) is 6.08 Å². The van der Waals surface area contributed by atoms with Gasteiger partial charge in [-0.3, -0.25) is 0 Å². The minimum Gasteiger partial charge on any atom is -0.461 e. The molecule has 20 heavy (non-hydrogen) atoms. The zero-order chi connectivity index (χ0) is 14.4. The molecule has 0 heterocycles. The third-order valence-electron chi connectivity index (χ3n) is 2.80. The van der Waals surface area contributed by atoms with Crippen LogP contribution in [0.4, 0.5) is 0 Å². The van der Waals surface area contributed by atoms with Gasteiger partial charge in [0.1, 0.15) is 5.75 Å². The minimum absolute atomic E-state index is 0.409. The first-order valence-corrected chi connectivity index (χ1v) is 7.28. The van der Waals surface area contributed by atoms with Gasteiger partial charge < -0.3 is 9.47 Å². The third-order valence-corrected chi connectivity index (χ3v) is 3.33. The van der Waals surface area contributed by atoms with Crippen LogP contribution in [-0.2, 0) is 4.74 Å². The first kappa shape index (κ1) is 14.8. The van der Waals surface area contributed by atoms with E-state index < -0.39 is 6.29 Å². The van der Waals surface area contributed by atoms with Crippen molar-refractivity contribution in [1.82, 2.24) is 0 Å². The van der Waals surface area contributed by atoms with Crippen molar-refractivity contribution in [2.24, 2.45) is 0 Å². The van der Waals surface area contributed by atoms with Crippen molar-refractivity contribution in [3.05, 3.63) is 70.7 Å². The molecule has 0 aliphatic rings. The van der Waals surface area contributed by atoms with Gasteiger partial charge in [-0.15, -0.1) is 0 Å². The molecule has 2 nitrogen and oxygen atoms in total. The Kier molecular flexibility index (Phi) is 5.39. The summed E-state index contributed by atoms with van der Waals surface area (Å²) in [6.07, 6.45) is 1.38. The van der Waals surface area contributed by atoms with E-state index in [9.17, 15) is 0 Å². The van der Waals surface area contributed by atoms with E-state index in [2.05, 4.69) is 22.5 Å². The lowest BCUT2D eigenvalue weighted by Crippen LogP contribution is -2.11. The smallest absolute Gasteiger partial charge is 0.226 e. The summed E-state index contributed by atoms with van der Waals surface area (Å²) < 4.78 is 12.7. The van der Waals surface area contributed by atoms with Crippen molar-refractivity contribution in [1.29, 1.82) is 0 Å². The lowest BCUT2D eigenvalue weighted by Gasteiger charge is -2.19. The highest BCUT2D eigenvalue weighted by Gasteiger charge is 2.13. The van der Waals surface area contributed by atoms with E-state index in [0.717, 1.165) is 21.3 Å². The van der Waals surface area contributed by atoms with Crippen LogP contribution in [-0.4, -0.2) is 6.61 Å². The van der Waals surface area contributed by atoms with Gasteiger partial charge in [0.2, 0.25) is 6.29 Å². The van der Waals surface area contributed by atoms with Gasteiger partial charge in [-0.1, -0.05) is 52.9 Å². The van der Waals surface area contributed by atoms with Crippen molar-refractivity contribution in [2.75, 3.05) is 6.61 Å². The second kappa shape index (κ2) is 7.27. The van der Waals surface area contributed by atoms with Crippen LogP contribution in [0.15, 0.2) is 59.6 Å². The molecule has 0 spiro atoms. The maximum absolute atomic E-state index is 5.94. The molecule has 3 heteroatoms. The SMILES string of the molecule is C=Cc1cccc(OC(OCC)c2ccc(Br)cc2)c1. The van der Waals surface area contributed by atoms with E-state index in [1.54, 1.807) is 6.08 Å². The Bertz CT molecular complexity index is 563. The average molecular weight is 333 g/mol.